The molecule has 0 radical (unpaired) electrons. The number of ketones is 1. The van der Waals surface area contributed by atoms with Crippen LogP contribution >= 0.6 is 0 Å². The maximum absolute atomic E-state index is 13.4. The number of ether oxygens (including phenoxy) is 4. The third-order valence-electron chi connectivity index (χ3n) is 6.17. The second-order valence-electron chi connectivity index (χ2n) is 8.44. The topological polar surface area (TPSA) is 84.2 Å². The van der Waals surface area contributed by atoms with Crippen LogP contribution in [0.3, 0.4) is 0 Å². The molecule has 1 aliphatic rings. The Morgan fingerprint density at radius 2 is 1.75 bits per heavy atom. The van der Waals surface area contributed by atoms with Crippen molar-refractivity contribution in [1.82, 2.24) is 0 Å². The Balaban J connectivity index is 1.43. The average molecular weight is 487 g/mol. The number of methoxy groups -OCH3 is 1. The first-order valence-electron chi connectivity index (χ1n) is 11.9. The third-order valence-corrected chi connectivity index (χ3v) is 6.17. The Kier molecular flexibility index (Phi) is 6.62. The minimum absolute atomic E-state index is 0.135. The molecule has 36 heavy (non-hydrogen) atoms. The van der Waals surface area contributed by atoms with E-state index in [9.17, 15) is 9.59 Å². The van der Waals surface area contributed by atoms with Crippen molar-refractivity contribution < 1.29 is 28.2 Å². The molecule has 1 aromatic heterocycles. The van der Waals surface area contributed by atoms with Gasteiger partial charge in [0.1, 0.15) is 23.3 Å². The van der Waals surface area contributed by atoms with Crippen molar-refractivity contribution in [3.05, 3.63) is 82.2 Å². The molecule has 0 atom stereocenters. The molecule has 4 aromatic rings. The van der Waals surface area contributed by atoms with E-state index in [1.54, 1.807) is 43.5 Å². The average Bonchev–Trinajstić information content (AvgIpc) is 3.16. The molecule has 0 unspecified atom stereocenters. The van der Waals surface area contributed by atoms with Crippen molar-refractivity contribution in [3.63, 3.8) is 0 Å². The molecule has 0 aliphatic carbocycles. The molecule has 0 bridgehead atoms. The van der Waals surface area contributed by atoms with Crippen molar-refractivity contribution in [2.75, 3.05) is 26.9 Å². The zero-order valence-corrected chi connectivity index (χ0v) is 20.2. The van der Waals surface area contributed by atoms with Gasteiger partial charge in [-0.2, -0.15) is 0 Å². The summed E-state index contributed by atoms with van der Waals surface area (Å²) in [5, 5.41) is 0.449. The number of carbonyl (C=O) groups is 1. The molecule has 7 heteroatoms. The molecule has 0 N–H and O–H groups in total. The van der Waals surface area contributed by atoms with Crippen LogP contribution in [-0.2, 0) is 6.42 Å². The smallest absolute Gasteiger partial charge is 0.200 e. The fourth-order valence-electron chi connectivity index (χ4n) is 4.15. The fraction of sp³-hybridized carbons (Fsp3) is 0.241. The maximum atomic E-state index is 13.4. The number of aryl methyl sites for hydroxylation is 1. The van der Waals surface area contributed by atoms with E-state index >= 15 is 0 Å². The number of Topliss-reactive ketones (excluding diaryl/α,β-unsaturated/α-hetero) is 1. The van der Waals surface area contributed by atoms with E-state index in [4.69, 9.17) is 23.4 Å². The minimum atomic E-state index is -0.161. The molecular weight excluding hydrogens is 460 g/mol. The summed E-state index contributed by atoms with van der Waals surface area (Å²) in [5.74, 6) is 2.31. The summed E-state index contributed by atoms with van der Waals surface area (Å²) in [6.45, 7) is 2.99. The van der Waals surface area contributed by atoms with Crippen LogP contribution in [0.5, 0.6) is 23.0 Å². The van der Waals surface area contributed by atoms with Gasteiger partial charge in [-0.25, -0.2) is 0 Å². The second-order valence-corrected chi connectivity index (χ2v) is 8.44. The maximum Gasteiger partial charge on any atom is 0.200 e. The normalized spacial score (nSPS) is 12.7. The van der Waals surface area contributed by atoms with Crippen molar-refractivity contribution in [2.45, 2.75) is 19.8 Å². The van der Waals surface area contributed by atoms with Crippen LogP contribution in [0.1, 0.15) is 29.3 Å². The summed E-state index contributed by atoms with van der Waals surface area (Å²) in [5.41, 5.74) is 2.71. The molecule has 0 spiro atoms. The van der Waals surface area contributed by atoms with E-state index in [0.29, 0.717) is 70.3 Å². The van der Waals surface area contributed by atoms with Gasteiger partial charge in [0.05, 0.1) is 31.3 Å². The van der Waals surface area contributed by atoms with E-state index in [0.717, 1.165) is 12.0 Å². The Morgan fingerprint density at radius 3 is 2.50 bits per heavy atom. The highest BCUT2D eigenvalue weighted by molar-refractivity contribution is 5.97. The van der Waals surface area contributed by atoms with E-state index < -0.39 is 0 Å². The standard InChI is InChI=1S/C29H26O7/c1-3-18-13-22-27(15-26(18)36-17-24(30)19-5-8-21(32-2)9-6-19)35-16-23(29(22)31)20-7-10-25-28(14-20)34-12-4-11-33-25/h5-10,13-16H,3-4,11-12,17H2,1-2H3. The summed E-state index contributed by atoms with van der Waals surface area (Å²) in [6, 6.07) is 15.8. The molecule has 1 aliphatic heterocycles. The Morgan fingerprint density at radius 1 is 0.972 bits per heavy atom. The highest BCUT2D eigenvalue weighted by atomic mass is 16.5. The van der Waals surface area contributed by atoms with Gasteiger partial charge >= 0.3 is 0 Å². The molecule has 0 fully saturated rings. The number of benzene rings is 3. The van der Waals surface area contributed by atoms with E-state index in [2.05, 4.69) is 0 Å². The first kappa shape index (κ1) is 23.5. The van der Waals surface area contributed by atoms with Gasteiger partial charge in [0, 0.05) is 18.1 Å². The SMILES string of the molecule is CCc1cc2c(=O)c(-c3ccc4c(c3)OCCCO4)coc2cc1OCC(=O)c1ccc(OC)cc1. The lowest BCUT2D eigenvalue weighted by Gasteiger charge is -2.12. The van der Waals surface area contributed by atoms with Crippen LogP contribution in [0, 0.1) is 0 Å². The number of carbonyl (C=O) groups excluding carboxylic acids is 1. The van der Waals surface area contributed by atoms with Crippen molar-refractivity contribution >= 4 is 16.8 Å². The van der Waals surface area contributed by atoms with Crippen molar-refractivity contribution in [2.24, 2.45) is 0 Å². The van der Waals surface area contributed by atoms with Crippen LogP contribution < -0.4 is 24.4 Å². The number of hydrogen-bond donors (Lipinski definition) is 0. The molecule has 7 nitrogen and oxygen atoms in total. The van der Waals surface area contributed by atoms with Gasteiger partial charge in [0.25, 0.3) is 0 Å². The molecule has 0 saturated heterocycles. The first-order chi connectivity index (χ1) is 17.6. The van der Waals surface area contributed by atoms with Gasteiger partial charge in [-0.05, 0) is 60.0 Å². The highest BCUT2D eigenvalue weighted by Crippen LogP contribution is 2.34. The Labute approximate surface area is 208 Å². The van der Waals surface area contributed by atoms with Gasteiger partial charge in [-0.1, -0.05) is 13.0 Å². The van der Waals surface area contributed by atoms with Gasteiger partial charge < -0.3 is 23.4 Å². The van der Waals surface area contributed by atoms with E-state index in [1.807, 2.05) is 25.1 Å². The summed E-state index contributed by atoms with van der Waals surface area (Å²) in [4.78, 5) is 26.0. The second kappa shape index (κ2) is 10.2. The number of hydrogen-bond acceptors (Lipinski definition) is 7. The zero-order valence-electron chi connectivity index (χ0n) is 20.2. The zero-order chi connectivity index (χ0) is 25.1. The van der Waals surface area contributed by atoms with Crippen LogP contribution in [0.2, 0.25) is 0 Å². The predicted molar refractivity (Wildman–Crippen MR) is 136 cm³/mol. The van der Waals surface area contributed by atoms with Gasteiger partial charge in [0.15, 0.2) is 23.9 Å². The predicted octanol–water partition coefficient (Wildman–Crippen LogP) is 5.45. The van der Waals surface area contributed by atoms with Crippen LogP contribution in [0.4, 0.5) is 0 Å². The van der Waals surface area contributed by atoms with Crippen LogP contribution in [0.25, 0.3) is 22.1 Å². The molecule has 0 amide bonds. The third kappa shape index (κ3) is 4.64. The first-order valence-corrected chi connectivity index (χ1v) is 11.9. The van der Waals surface area contributed by atoms with E-state index in [-0.39, 0.29) is 17.8 Å². The molecule has 3 aromatic carbocycles. The lowest BCUT2D eigenvalue weighted by molar-refractivity contribution is 0.0921. The van der Waals surface area contributed by atoms with Gasteiger partial charge in [-0.15, -0.1) is 0 Å². The summed E-state index contributed by atoms with van der Waals surface area (Å²) in [7, 11) is 1.57. The van der Waals surface area contributed by atoms with E-state index in [1.165, 1.54) is 6.26 Å². The molecule has 2 heterocycles. The Hall–Kier alpha value is -4.26. The lowest BCUT2D eigenvalue weighted by Crippen LogP contribution is -2.13. The van der Waals surface area contributed by atoms with Crippen LogP contribution in [0.15, 0.2) is 70.1 Å². The molecule has 184 valence electrons. The quantitative estimate of drug-likeness (QED) is 0.321. The molecule has 0 saturated carbocycles. The lowest BCUT2D eigenvalue weighted by atomic mass is 10.0. The van der Waals surface area contributed by atoms with Crippen LogP contribution in [-0.4, -0.2) is 32.7 Å². The fourth-order valence-corrected chi connectivity index (χ4v) is 4.15. The Bertz CT molecular complexity index is 1470. The largest absolute Gasteiger partial charge is 0.497 e. The van der Waals surface area contributed by atoms with Gasteiger partial charge in [-0.3, -0.25) is 9.59 Å². The van der Waals surface area contributed by atoms with Gasteiger partial charge in [0.2, 0.25) is 5.43 Å². The monoisotopic (exact) mass is 486 g/mol. The highest BCUT2D eigenvalue weighted by Gasteiger charge is 2.17. The number of fused-ring (bicyclic) bond motifs is 2. The molecular formula is C29H26O7. The van der Waals surface area contributed by atoms with Crippen molar-refractivity contribution in [1.29, 1.82) is 0 Å². The molecule has 5 rings (SSSR count). The van der Waals surface area contributed by atoms with Crippen molar-refractivity contribution in [3.8, 4) is 34.1 Å². The summed E-state index contributed by atoms with van der Waals surface area (Å²) in [6.07, 6.45) is 2.87. The summed E-state index contributed by atoms with van der Waals surface area (Å²) < 4.78 is 28.3. The number of rotatable bonds is 7. The summed E-state index contributed by atoms with van der Waals surface area (Å²) >= 11 is 0. The minimum Gasteiger partial charge on any atom is -0.497 e.